The van der Waals surface area contributed by atoms with Crippen LogP contribution in [-0.2, 0) is 4.74 Å². The first-order valence-electron chi connectivity index (χ1n) is 15.0. The third kappa shape index (κ3) is 11.0. The van der Waals surface area contributed by atoms with Crippen molar-refractivity contribution in [1.82, 2.24) is 4.44 Å². The van der Waals surface area contributed by atoms with Crippen LogP contribution in [0.25, 0.3) is 0 Å². The molecular formula is C37H48N2OP2. The van der Waals surface area contributed by atoms with E-state index >= 15 is 0 Å². The summed E-state index contributed by atoms with van der Waals surface area (Å²) in [4.78, 5) is 4.19. The molecule has 1 aliphatic rings. The van der Waals surface area contributed by atoms with Gasteiger partial charge in [-0.15, -0.1) is 0 Å². The lowest BCUT2D eigenvalue weighted by molar-refractivity contribution is 0.258. The van der Waals surface area contributed by atoms with Gasteiger partial charge in [0.25, 0.3) is 0 Å². The van der Waals surface area contributed by atoms with Crippen molar-refractivity contribution in [1.29, 1.82) is 0 Å². The van der Waals surface area contributed by atoms with Gasteiger partial charge in [0, 0.05) is 40.4 Å². The van der Waals surface area contributed by atoms with Gasteiger partial charge in [0.05, 0.1) is 0 Å². The van der Waals surface area contributed by atoms with E-state index in [-0.39, 0.29) is 0 Å². The molecule has 1 aliphatic carbocycles. The van der Waals surface area contributed by atoms with Gasteiger partial charge in [-0.25, -0.2) is 4.44 Å². The van der Waals surface area contributed by atoms with Gasteiger partial charge in [0.2, 0.25) is 0 Å². The number of rotatable bonds is 16. The van der Waals surface area contributed by atoms with E-state index in [0.717, 1.165) is 25.1 Å². The molecule has 0 fully saturated rings. The lowest BCUT2D eigenvalue weighted by atomic mass is 10.3. The predicted octanol–water partition coefficient (Wildman–Crippen LogP) is 10.6. The van der Waals surface area contributed by atoms with Crippen LogP contribution in [0.4, 0.5) is 0 Å². The van der Waals surface area contributed by atoms with Gasteiger partial charge in [0.1, 0.15) is 12.4 Å². The molecule has 5 heteroatoms. The first kappa shape index (κ1) is 35.1. The number of benzene rings is 2. The van der Waals surface area contributed by atoms with Crippen LogP contribution in [0.2, 0.25) is 0 Å². The summed E-state index contributed by atoms with van der Waals surface area (Å²) >= 11 is 0. The summed E-state index contributed by atoms with van der Waals surface area (Å²) in [7, 11) is -1.84. The smallest absolute Gasteiger partial charge is 0.125 e. The molecule has 0 bridgehead atoms. The molecule has 0 amide bonds. The second kappa shape index (κ2) is 21.6. The lowest BCUT2D eigenvalue weighted by Gasteiger charge is -2.40. The highest BCUT2D eigenvalue weighted by Gasteiger charge is 2.34. The number of unbranched alkanes of at least 4 members (excludes halogenated alkanes) is 2. The molecule has 0 radical (unpaired) electrons. The highest BCUT2D eigenvalue weighted by molar-refractivity contribution is 7.82. The molecule has 3 nitrogen and oxygen atoms in total. The maximum absolute atomic E-state index is 6.44. The van der Waals surface area contributed by atoms with E-state index in [4.69, 9.17) is 4.74 Å². The van der Waals surface area contributed by atoms with Gasteiger partial charge in [-0.05, 0) is 53.9 Å². The van der Waals surface area contributed by atoms with Crippen molar-refractivity contribution >= 4 is 33.0 Å². The van der Waals surface area contributed by atoms with Crippen molar-refractivity contribution in [2.45, 2.75) is 53.4 Å². The van der Waals surface area contributed by atoms with Crippen LogP contribution in [0.3, 0.4) is 0 Å². The zero-order chi connectivity index (χ0) is 30.4. The van der Waals surface area contributed by atoms with Gasteiger partial charge in [-0.3, -0.25) is 4.99 Å². The van der Waals surface area contributed by atoms with E-state index < -0.39 is 16.1 Å². The number of allylic oxidation sites excluding steroid dienone is 9. The minimum absolute atomic E-state index is 0.459. The van der Waals surface area contributed by atoms with Crippen molar-refractivity contribution in [3.05, 3.63) is 145 Å². The van der Waals surface area contributed by atoms with Gasteiger partial charge in [0.15, 0.2) is 0 Å². The standard InChI is InChI=1S/C35H42N2OP2.C2H6/c1-5-9-19-29-37(39(32-22-13-10-14-23-32)33-24-15-11-16-25-33)40(31(7-3)21-6-2)35-27-18-12-17-26-34(35)38-30-20-28-36-8-4;1-2/h6-8,10-16,18,20-28H,2-3,5,9,17,19,29-30H2,1,4H3;1-2H3/b28-20-,31-21+,36-8?;. The Kier molecular flexibility index (Phi) is 18.0. The molecule has 0 saturated carbocycles. The van der Waals surface area contributed by atoms with Crippen LogP contribution in [-0.4, -0.2) is 23.8 Å². The van der Waals surface area contributed by atoms with E-state index in [2.05, 4.69) is 121 Å². The largest absolute Gasteiger partial charge is 0.489 e. The van der Waals surface area contributed by atoms with E-state index in [9.17, 15) is 0 Å². The van der Waals surface area contributed by atoms with E-state index in [1.165, 1.54) is 34.1 Å². The Labute approximate surface area is 258 Å². The minimum atomic E-state index is -1.00. The third-order valence-corrected chi connectivity index (χ3v) is 11.8. The second-order valence-electron chi connectivity index (χ2n) is 9.02. The molecule has 42 heavy (non-hydrogen) atoms. The molecule has 0 heterocycles. The van der Waals surface area contributed by atoms with Crippen LogP contribution < -0.4 is 10.6 Å². The van der Waals surface area contributed by atoms with Crippen LogP contribution in [0.1, 0.15) is 53.4 Å². The second-order valence-corrected chi connectivity index (χ2v) is 13.6. The molecule has 1 atom stereocenters. The van der Waals surface area contributed by atoms with E-state index in [0.29, 0.717) is 6.61 Å². The van der Waals surface area contributed by atoms with Gasteiger partial charge in [-0.2, -0.15) is 0 Å². The van der Waals surface area contributed by atoms with Crippen molar-refractivity contribution in [3.63, 3.8) is 0 Å². The molecule has 0 N–H and O–H groups in total. The quantitative estimate of drug-likeness (QED) is 0.0831. The molecular weight excluding hydrogens is 550 g/mol. The SMILES string of the molecule is C=C/C=C(\C=C)P(C1=CC=CCC=C1OC/C=C\N=CC)N(CCCCC)P(c1ccccc1)c1ccccc1.CC. The number of ether oxygens (including phenoxy) is 1. The minimum Gasteiger partial charge on any atom is -0.489 e. The summed E-state index contributed by atoms with van der Waals surface area (Å²) in [6.45, 7) is 17.9. The predicted molar refractivity (Wildman–Crippen MR) is 191 cm³/mol. The van der Waals surface area contributed by atoms with Crippen molar-refractivity contribution < 1.29 is 4.74 Å². The average molecular weight is 599 g/mol. The number of aliphatic imine (C=N–C) groups is 1. The van der Waals surface area contributed by atoms with Crippen molar-refractivity contribution in [3.8, 4) is 0 Å². The Balaban J connectivity index is 0.00000301. The van der Waals surface area contributed by atoms with E-state index in [1.807, 2.05) is 39.0 Å². The molecule has 0 spiro atoms. The Hall–Kier alpha value is -3.09. The first-order valence-corrected chi connectivity index (χ1v) is 17.6. The van der Waals surface area contributed by atoms with Crippen LogP contribution >= 0.6 is 16.1 Å². The summed E-state index contributed by atoms with van der Waals surface area (Å²) in [5, 5.41) is 5.04. The van der Waals surface area contributed by atoms with Crippen LogP contribution in [0.15, 0.2) is 150 Å². The molecule has 0 aromatic heterocycles. The summed E-state index contributed by atoms with van der Waals surface area (Å²) in [6, 6.07) is 21.9. The Morgan fingerprint density at radius 2 is 1.67 bits per heavy atom. The normalized spacial score (nSPS) is 14.3. The number of nitrogens with zero attached hydrogens (tertiary/aromatic N) is 2. The van der Waals surface area contributed by atoms with Gasteiger partial charge >= 0.3 is 0 Å². The summed E-state index contributed by atoms with van der Waals surface area (Å²) in [6.07, 6.45) is 24.6. The topological polar surface area (TPSA) is 24.8 Å². The highest BCUT2D eigenvalue weighted by atomic mass is 31.2. The lowest BCUT2D eigenvalue weighted by Crippen LogP contribution is -2.27. The maximum Gasteiger partial charge on any atom is 0.125 e. The molecule has 1 unspecified atom stereocenters. The molecule has 3 rings (SSSR count). The summed E-state index contributed by atoms with van der Waals surface area (Å²) in [5.41, 5.74) is 0. The van der Waals surface area contributed by atoms with Crippen molar-refractivity contribution in [2.24, 2.45) is 4.99 Å². The maximum atomic E-state index is 6.44. The number of hydrogen-bond donors (Lipinski definition) is 0. The zero-order valence-electron chi connectivity index (χ0n) is 25.9. The summed E-state index contributed by atoms with van der Waals surface area (Å²) in [5.74, 6) is 0.926. The van der Waals surface area contributed by atoms with Crippen LogP contribution in [0.5, 0.6) is 0 Å². The fourth-order valence-electron chi connectivity index (χ4n) is 4.32. The van der Waals surface area contributed by atoms with E-state index in [1.54, 1.807) is 12.4 Å². The molecule has 2 aromatic carbocycles. The molecule has 2 aromatic rings. The highest BCUT2D eigenvalue weighted by Crippen LogP contribution is 2.66. The first-order chi connectivity index (χ1) is 20.7. The summed E-state index contributed by atoms with van der Waals surface area (Å²) < 4.78 is 9.20. The Morgan fingerprint density at radius 3 is 2.24 bits per heavy atom. The molecule has 0 saturated heterocycles. The van der Waals surface area contributed by atoms with Crippen molar-refractivity contribution in [2.75, 3.05) is 13.2 Å². The monoisotopic (exact) mass is 598 g/mol. The average Bonchev–Trinajstić information content (AvgIpc) is 3.28. The zero-order valence-corrected chi connectivity index (χ0v) is 27.7. The Morgan fingerprint density at radius 1 is 1.00 bits per heavy atom. The molecule has 222 valence electrons. The fourth-order valence-corrected chi connectivity index (χ4v) is 10.5. The van der Waals surface area contributed by atoms with Crippen LogP contribution in [0, 0.1) is 0 Å². The fraction of sp³-hybridized carbons (Fsp3) is 0.270. The third-order valence-electron chi connectivity index (χ3n) is 6.15. The molecule has 0 aliphatic heterocycles. The van der Waals surface area contributed by atoms with Gasteiger partial charge in [-0.1, -0.05) is 138 Å². The van der Waals surface area contributed by atoms with Gasteiger partial charge < -0.3 is 4.74 Å². The number of hydrogen-bond acceptors (Lipinski definition) is 3. The Bertz CT molecular complexity index is 1200.